The van der Waals surface area contributed by atoms with Crippen LogP contribution in [0.4, 0.5) is 0 Å². The molecule has 6 rings (SSSR count). The predicted molar refractivity (Wildman–Crippen MR) is 203 cm³/mol. The van der Waals surface area contributed by atoms with E-state index in [0.29, 0.717) is 25.3 Å². The second kappa shape index (κ2) is 15.7. The second-order valence-electron chi connectivity index (χ2n) is 13.2. The van der Waals surface area contributed by atoms with Crippen molar-refractivity contribution in [3.8, 4) is 17.0 Å². The molecule has 0 fully saturated rings. The Morgan fingerprint density at radius 2 is 1.38 bits per heavy atom. The SMILES string of the molecule is Cc1cc(OCc2c(-c3c(C)cccc3C)noc2C(C)C)ccc1/C=C/c1cccc(C(=O)N(Cc2ccccc2)Cc2ccccc2)c1. The van der Waals surface area contributed by atoms with Crippen molar-refractivity contribution in [2.24, 2.45) is 0 Å². The molecule has 1 heterocycles. The van der Waals surface area contributed by atoms with E-state index >= 15 is 0 Å². The normalized spacial score (nSPS) is 11.3. The first-order valence-electron chi connectivity index (χ1n) is 17.2. The fraction of sp³-hybridized carbons (Fsp3) is 0.200. The number of amides is 1. The Morgan fingerprint density at radius 1 is 0.740 bits per heavy atom. The van der Waals surface area contributed by atoms with Crippen LogP contribution < -0.4 is 4.74 Å². The maximum atomic E-state index is 13.9. The summed E-state index contributed by atoms with van der Waals surface area (Å²) >= 11 is 0. The lowest BCUT2D eigenvalue weighted by atomic mass is 9.95. The van der Waals surface area contributed by atoms with Gasteiger partial charge in [-0.05, 0) is 84.0 Å². The highest BCUT2D eigenvalue weighted by Gasteiger charge is 2.23. The highest BCUT2D eigenvalue weighted by molar-refractivity contribution is 5.95. The third kappa shape index (κ3) is 8.12. The number of carbonyl (C=O) groups is 1. The summed E-state index contributed by atoms with van der Waals surface area (Å²) in [4.78, 5) is 15.8. The van der Waals surface area contributed by atoms with E-state index < -0.39 is 0 Å². The van der Waals surface area contributed by atoms with Gasteiger partial charge in [-0.25, -0.2) is 0 Å². The third-order valence-corrected chi connectivity index (χ3v) is 8.99. The van der Waals surface area contributed by atoms with Crippen LogP contribution in [0.15, 0.2) is 126 Å². The molecule has 0 atom stereocenters. The molecule has 0 aliphatic heterocycles. The molecule has 50 heavy (non-hydrogen) atoms. The van der Waals surface area contributed by atoms with E-state index in [0.717, 1.165) is 67.3 Å². The number of carbonyl (C=O) groups excluding carboxylic acids is 1. The van der Waals surface area contributed by atoms with Gasteiger partial charge in [0, 0.05) is 30.1 Å². The van der Waals surface area contributed by atoms with Crippen LogP contribution in [0.2, 0.25) is 0 Å². The van der Waals surface area contributed by atoms with Gasteiger partial charge in [0.1, 0.15) is 23.8 Å². The number of aromatic nitrogens is 1. The van der Waals surface area contributed by atoms with Crippen molar-refractivity contribution in [1.29, 1.82) is 0 Å². The molecule has 0 unspecified atom stereocenters. The number of rotatable bonds is 12. The van der Waals surface area contributed by atoms with Crippen LogP contribution in [0.3, 0.4) is 0 Å². The second-order valence-corrected chi connectivity index (χ2v) is 13.2. The van der Waals surface area contributed by atoms with Crippen LogP contribution in [0.5, 0.6) is 5.75 Å². The average molecular weight is 661 g/mol. The lowest BCUT2D eigenvalue weighted by molar-refractivity contribution is 0.0730. The van der Waals surface area contributed by atoms with Crippen molar-refractivity contribution >= 4 is 18.1 Å². The predicted octanol–water partition coefficient (Wildman–Crippen LogP) is 11.0. The minimum Gasteiger partial charge on any atom is -0.489 e. The summed E-state index contributed by atoms with van der Waals surface area (Å²) in [5.74, 6) is 1.81. The Labute approximate surface area is 295 Å². The van der Waals surface area contributed by atoms with Gasteiger partial charge in [-0.15, -0.1) is 0 Å². The van der Waals surface area contributed by atoms with Crippen LogP contribution in [-0.2, 0) is 19.7 Å². The summed E-state index contributed by atoms with van der Waals surface area (Å²) in [6.45, 7) is 11.9. The third-order valence-electron chi connectivity index (χ3n) is 8.99. The molecule has 0 aliphatic rings. The molecular weight excluding hydrogens is 617 g/mol. The van der Waals surface area contributed by atoms with Gasteiger partial charge in [0.05, 0.1) is 5.56 Å². The molecule has 0 spiro atoms. The fourth-order valence-corrected chi connectivity index (χ4v) is 6.33. The number of benzene rings is 5. The van der Waals surface area contributed by atoms with Gasteiger partial charge in [-0.2, -0.15) is 0 Å². The molecule has 0 bridgehead atoms. The Hall–Kier alpha value is -5.68. The molecule has 6 aromatic rings. The molecule has 1 amide bonds. The zero-order valence-corrected chi connectivity index (χ0v) is 29.5. The van der Waals surface area contributed by atoms with Crippen LogP contribution in [0, 0.1) is 20.8 Å². The van der Waals surface area contributed by atoms with Crippen molar-refractivity contribution in [2.45, 2.75) is 60.2 Å². The highest BCUT2D eigenvalue weighted by Crippen LogP contribution is 2.34. The minimum absolute atomic E-state index is 0.000159. The minimum atomic E-state index is -0.000159. The van der Waals surface area contributed by atoms with Crippen LogP contribution in [0.25, 0.3) is 23.4 Å². The van der Waals surface area contributed by atoms with Gasteiger partial charge in [-0.1, -0.05) is 128 Å². The highest BCUT2D eigenvalue weighted by atomic mass is 16.5. The lowest BCUT2D eigenvalue weighted by Gasteiger charge is -2.23. The molecule has 0 N–H and O–H groups in total. The van der Waals surface area contributed by atoms with Gasteiger partial charge < -0.3 is 14.2 Å². The molecule has 0 saturated carbocycles. The number of aryl methyl sites for hydroxylation is 3. The van der Waals surface area contributed by atoms with Gasteiger partial charge >= 0.3 is 0 Å². The summed E-state index contributed by atoms with van der Waals surface area (Å²) in [7, 11) is 0. The van der Waals surface area contributed by atoms with Crippen molar-refractivity contribution in [3.05, 3.63) is 177 Å². The largest absolute Gasteiger partial charge is 0.489 e. The first-order chi connectivity index (χ1) is 24.3. The molecule has 5 heteroatoms. The van der Waals surface area contributed by atoms with Crippen molar-refractivity contribution in [3.63, 3.8) is 0 Å². The Balaban J connectivity index is 1.17. The molecule has 0 radical (unpaired) electrons. The first kappa shape index (κ1) is 34.2. The number of hydrogen-bond donors (Lipinski definition) is 0. The monoisotopic (exact) mass is 660 g/mol. The van der Waals surface area contributed by atoms with Crippen LogP contribution >= 0.6 is 0 Å². The van der Waals surface area contributed by atoms with Gasteiger partial charge in [0.25, 0.3) is 5.91 Å². The standard InChI is InChI=1S/C45H44N2O3/c1-31(2)44-41(43(46-50-44)42-32(3)14-12-15-33(42)4)30-49-40-25-24-38(34(5)26-40)23-22-35-20-13-21-39(27-35)45(48)47(28-36-16-8-6-9-17-36)29-37-18-10-7-11-19-37/h6-27,31H,28-30H2,1-5H3/b23-22+. The van der Waals surface area contributed by atoms with E-state index in [1.165, 1.54) is 0 Å². The summed E-state index contributed by atoms with van der Waals surface area (Å²) in [6.07, 6.45) is 4.14. The fourth-order valence-electron chi connectivity index (χ4n) is 6.33. The molecule has 0 saturated heterocycles. The topological polar surface area (TPSA) is 55.6 Å². The average Bonchev–Trinajstić information content (AvgIpc) is 3.54. The first-order valence-corrected chi connectivity index (χ1v) is 17.2. The van der Waals surface area contributed by atoms with E-state index in [1.807, 2.05) is 71.6 Å². The smallest absolute Gasteiger partial charge is 0.254 e. The van der Waals surface area contributed by atoms with E-state index in [-0.39, 0.29) is 11.8 Å². The zero-order chi connectivity index (χ0) is 35.0. The molecule has 5 nitrogen and oxygen atoms in total. The summed E-state index contributed by atoms with van der Waals surface area (Å²) < 4.78 is 12.2. The summed E-state index contributed by atoms with van der Waals surface area (Å²) in [5.41, 5.74) is 11.2. The van der Waals surface area contributed by atoms with Gasteiger partial charge in [-0.3, -0.25) is 4.79 Å². The Kier molecular flexibility index (Phi) is 10.7. The number of hydrogen-bond acceptors (Lipinski definition) is 4. The van der Waals surface area contributed by atoms with Gasteiger partial charge in [0.2, 0.25) is 0 Å². The number of ether oxygens (including phenoxy) is 1. The van der Waals surface area contributed by atoms with E-state index in [2.05, 4.69) is 107 Å². The molecular formula is C45H44N2O3. The van der Waals surface area contributed by atoms with E-state index in [9.17, 15) is 4.79 Å². The van der Waals surface area contributed by atoms with Crippen LogP contribution in [0.1, 0.15) is 80.4 Å². The van der Waals surface area contributed by atoms with Gasteiger partial charge in [0.15, 0.2) is 0 Å². The quantitative estimate of drug-likeness (QED) is 0.123. The van der Waals surface area contributed by atoms with Crippen molar-refractivity contribution in [2.75, 3.05) is 0 Å². The maximum Gasteiger partial charge on any atom is 0.254 e. The molecule has 5 aromatic carbocycles. The van der Waals surface area contributed by atoms with Crippen molar-refractivity contribution < 1.29 is 14.1 Å². The summed E-state index contributed by atoms with van der Waals surface area (Å²) in [6, 6.07) is 40.5. The van der Waals surface area contributed by atoms with Crippen molar-refractivity contribution in [1.82, 2.24) is 10.1 Å². The lowest BCUT2D eigenvalue weighted by Crippen LogP contribution is -2.30. The Bertz CT molecular complexity index is 2030. The molecule has 1 aromatic heterocycles. The zero-order valence-electron chi connectivity index (χ0n) is 29.5. The van der Waals surface area contributed by atoms with E-state index in [4.69, 9.17) is 9.26 Å². The van der Waals surface area contributed by atoms with E-state index in [1.54, 1.807) is 0 Å². The molecule has 0 aliphatic carbocycles. The molecule has 252 valence electrons. The van der Waals surface area contributed by atoms with Crippen LogP contribution in [-0.4, -0.2) is 16.0 Å². The maximum absolute atomic E-state index is 13.9. The summed E-state index contributed by atoms with van der Waals surface area (Å²) in [5, 5.41) is 4.50. The number of nitrogens with zero attached hydrogens (tertiary/aromatic N) is 2. The Morgan fingerprint density at radius 3 is 2.00 bits per heavy atom.